The highest BCUT2D eigenvalue weighted by Gasteiger charge is 2.37. The first-order valence-electron chi connectivity index (χ1n) is 10.5. The van der Waals surface area contributed by atoms with Gasteiger partial charge < -0.3 is 16.0 Å². The zero-order chi connectivity index (χ0) is 20.8. The van der Waals surface area contributed by atoms with Crippen molar-refractivity contribution in [1.82, 2.24) is 10.2 Å². The number of allylic oxidation sites excluding steroid dienone is 4. The number of carbonyl (C=O) groups is 1. The number of amides is 1. The second kappa shape index (κ2) is 9.92. The van der Waals surface area contributed by atoms with Gasteiger partial charge in [-0.25, -0.2) is 0 Å². The van der Waals surface area contributed by atoms with Crippen molar-refractivity contribution in [3.05, 3.63) is 47.3 Å². The summed E-state index contributed by atoms with van der Waals surface area (Å²) in [6.45, 7) is 4.59. The van der Waals surface area contributed by atoms with Crippen LogP contribution in [0.5, 0.6) is 0 Å². The normalized spacial score (nSPS) is 27.8. The topological polar surface area (TPSA) is 83.1 Å². The van der Waals surface area contributed by atoms with Gasteiger partial charge in [0.05, 0.1) is 12.1 Å². The summed E-state index contributed by atoms with van der Waals surface area (Å²) < 4.78 is 0. The molecule has 1 amide bonds. The molecule has 2 aliphatic heterocycles. The van der Waals surface area contributed by atoms with Gasteiger partial charge in [0.25, 0.3) is 5.91 Å². The van der Waals surface area contributed by atoms with Gasteiger partial charge in [-0.1, -0.05) is 62.9 Å². The number of primary amides is 1. The van der Waals surface area contributed by atoms with E-state index in [9.17, 15) is 4.79 Å². The van der Waals surface area contributed by atoms with Crippen molar-refractivity contribution < 1.29 is 4.79 Å². The monoisotopic (exact) mass is 415 g/mol. The summed E-state index contributed by atoms with van der Waals surface area (Å²) in [5.41, 5.74) is 6.01. The SMILES string of the molecule is CC.NC(=O)C1=CNC(=NC2CCCCC2)C2=NC(C3C=CC=C(Cl)C=C3)CN12. The molecule has 1 fully saturated rings. The van der Waals surface area contributed by atoms with Gasteiger partial charge >= 0.3 is 0 Å². The van der Waals surface area contributed by atoms with Gasteiger partial charge in [0.1, 0.15) is 5.70 Å². The van der Waals surface area contributed by atoms with Crippen LogP contribution in [0.2, 0.25) is 0 Å². The Bertz CT molecular complexity index is 802. The van der Waals surface area contributed by atoms with Gasteiger partial charge in [0.2, 0.25) is 0 Å². The molecule has 7 heteroatoms. The first kappa shape index (κ1) is 21.4. The van der Waals surface area contributed by atoms with E-state index in [1.54, 1.807) is 6.20 Å². The average Bonchev–Trinajstić information content (AvgIpc) is 3.07. The molecule has 0 bridgehead atoms. The standard InChI is InChI=1S/C20H24ClN5O.C2H6/c21-14-6-4-5-13(9-10-14)16-12-26-17(18(22)27)11-23-19(20(26)25-16)24-15-7-2-1-3-8-15;1-2/h4-6,9-11,13,15-16H,1-3,7-8,12H2,(H2,22,27)(H,23,24);1-2H3. The minimum atomic E-state index is -0.468. The molecule has 0 saturated heterocycles. The van der Waals surface area contributed by atoms with Gasteiger partial charge in [-0.2, -0.15) is 0 Å². The first-order chi connectivity index (χ1) is 14.1. The zero-order valence-electron chi connectivity index (χ0n) is 17.1. The van der Waals surface area contributed by atoms with Gasteiger partial charge in [-0.3, -0.25) is 14.8 Å². The Kier molecular flexibility index (Phi) is 7.31. The molecule has 4 aliphatic rings. The largest absolute Gasteiger partial charge is 0.364 e. The molecule has 2 heterocycles. The Balaban J connectivity index is 0.00000117. The van der Waals surface area contributed by atoms with Crippen molar-refractivity contribution in [2.45, 2.75) is 58.0 Å². The molecule has 4 rings (SSSR count). The molecular weight excluding hydrogens is 386 g/mol. The van der Waals surface area contributed by atoms with Crippen LogP contribution in [0.25, 0.3) is 0 Å². The zero-order valence-corrected chi connectivity index (χ0v) is 17.9. The van der Waals surface area contributed by atoms with Crippen LogP contribution in [0.1, 0.15) is 46.0 Å². The maximum Gasteiger partial charge on any atom is 0.266 e. The molecule has 2 unspecified atom stereocenters. The number of aliphatic imine (C=N–C) groups is 2. The Hall–Kier alpha value is -2.34. The molecular formula is C22H30ClN5O. The molecule has 0 aromatic rings. The van der Waals surface area contributed by atoms with Crippen molar-refractivity contribution in [2.75, 3.05) is 6.54 Å². The van der Waals surface area contributed by atoms with Crippen LogP contribution in [0, 0.1) is 5.92 Å². The first-order valence-corrected chi connectivity index (χ1v) is 10.9. The fourth-order valence-electron chi connectivity index (χ4n) is 3.98. The van der Waals surface area contributed by atoms with Crippen molar-refractivity contribution >= 4 is 29.2 Å². The minimum Gasteiger partial charge on any atom is -0.364 e. The van der Waals surface area contributed by atoms with Crippen LogP contribution in [-0.2, 0) is 4.79 Å². The number of rotatable bonds is 3. The van der Waals surface area contributed by atoms with Gasteiger partial charge in [-0.05, 0) is 25.0 Å². The number of hydrogen-bond donors (Lipinski definition) is 2. The third-order valence-corrected chi connectivity index (χ3v) is 5.66. The lowest BCUT2D eigenvalue weighted by Crippen LogP contribution is -2.47. The van der Waals surface area contributed by atoms with Gasteiger partial charge in [0, 0.05) is 23.7 Å². The maximum absolute atomic E-state index is 11.9. The number of carbonyl (C=O) groups excluding carboxylic acids is 1. The summed E-state index contributed by atoms with van der Waals surface area (Å²) in [7, 11) is 0. The Labute approximate surface area is 178 Å². The second-order valence-corrected chi connectivity index (χ2v) is 7.75. The number of nitrogens with zero attached hydrogens (tertiary/aromatic N) is 3. The molecule has 0 aromatic carbocycles. The highest BCUT2D eigenvalue weighted by molar-refractivity contribution is 6.42. The molecule has 29 heavy (non-hydrogen) atoms. The summed E-state index contributed by atoms with van der Waals surface area (Å²) in [4.78, 5) is 23.6. The van der Waals surface area contributed by atoms with E-state index in [1.165, 1.54) is 19.3 Å². The fraction of sp³-hybridized carbons (Fsp3) is 0.500. The summed E-state index contributed by atoms with van der Waals surface area (Å²) in [6.07, 6.45) is 17.4. The third-order valence-electron chi connectivity index (χ3n) is 5.41. The lowest BCUT2D eigenvalue weighted by atomic mass is 9.96. The van der Waals surface area contributed by atoms with Crippen LogP contribution in [0.4, 0.5) is 0 Å². The number of nitrogens with two attached hydrogens (primary N) is 1. The minimum absolute atomic E-state index is 0.0253. The second-order valence-electron chi connectivity index (χ2n) is 7.31. The summed E-state index contributed by atoms with van der Waals surface area (Å²) >= 11 is 6.09. The third kappa shape index (κ3) is 4.99. The van der Waals surface area contributed by atoms with Crippen LogP contribution in [-0.4, -0.2) is 41.1 Å². The van der Waals surface area contributed by atoms with Crippen LogP contribution < -0.4 is 11.1 Å². The van der Waals surface area contributed by atoms with Gasteiger partial charge in [-0.15, -0.1) is 0 Å². The average molecular weight is 416 g/mol. The van der Waals surface area contributed by atoms with Crippen molar-refractivity contribution in [2.24, 2.45) is 21.6 Å². The molecule has 0 aromatic heterocycles. The number of fused-ring (bicyclic) bond motifs is 1. The highest BCUT2D eigenvalue weighted by Crippen LogP contribution is 2.27. The Morgan fingerprint density at radius 1 is 1.28 bits per heavy atom. The smallest absolute Gasteiger partial charge is 0.266 e. The Morgan fingerprint density at radius 3 is 2.76 bits per heavy atom. The van der Waals surface area contributed by atoms with Crippen molar-refractivity contribution in [3.63, 3.8) is 0 Å². The lowest BCUT2D eigenvalue weighted by molar-refractivity contribution is -0.115. The lowest BCUT2D eigenvalue weighted by Gasteiger charge is -2.28. The van der Waals surface area contributed by atoms with E-state index < -0.39 is 5.91 Å². The van der Waals surface area contributed by atoms with E-state index in [0.29, 0.717) is 29.2 Å². The highest BCUT2D eigenvalue weighted by atomic mass is 35.5. The molecule has 6 nitrogen and oxygen atoms in total. The number of amidine groups is 2. The molecule has 3 N–H and O–H groups in total. The van der Waals surface area contributed by atoms with E-state index in [0.717, 1.165) is 18.7 Å². The van der Waals surface area contributed by atoms with Crippen LogP contribution in [0.3, 0.4) is 0 Å². The van der Waals surface area contributed by atoms with Crippen LogP contribution >= 0.6 is 11.6 Å². The van der Waals surface area contributed by atoms with Gasteiger partial charge in [0.15, 0.2) is 11.7 Å². The van der Waals surface area contributed by atoms with Crippen molar-refractivity contribution in [3.8, 4) is 0 Å². The van der Waals surface area contributed by atoms with E-state index in [2.05, 4.69) is 17.5 Å². The predicted molar refractivity (Wildman–Crippen MR) is 120 cm³/mol. The van der Waals surface area contributed by atoms with E-state index in [-0.39, 0.29) is 12.0 Å². The summed E-state index contributed by atoms with van der Waals surface area (Å²) in [5, 5.41) is 3.85. The number of nitrogens with one attached hydrogen (secondary N) is 1. The van der Waals surface area contributed by atoms with Crippen LogP contribution in [0.15, 0.2) is 57.3 Å². The maximum atomic E-state index is 11.9. The fourth-order valence-corrected chi connectivity index (χ4v) is 4.12. The molecule has 2 aliphatic carbocycles. The van der Waals surface area contributed by atoms with E-state index in [4.69, 9.17) is 27.3 Å². The summed E-state index contributed by atoms with van der Waals surface area (Å²) in [5.74, 6) is 1.09. The molecule has 156 valence electrons. The quantitative estimate of drug-likeness (QED) is 0.738. The predicted octanol–water partition coefficient (Wildman–Crippen LogP) is 3.62. The summed E-state index contributed by atoms with van der Waals surface area (Å²) in [6, 6.07) is 0.289. The molecule has 0 spiro atoms. The molecule has 0 radical (unpaired) electrons. The molecule has 1 saturated carbocycles. The number of halogens is 1. The Morgan fingerprint density at radius 2 is 2.03 bits per heavy atom. The van der Waals surface area contributed by atoms with Crippen molar-refractivity contribution in [1.29, 1.82) is 0 Å². The van der Waals surface area contributed by atoms with E-state index >= 15 is 0 Å². The number of hydrogen-bond acceptors (Lipinski definition) is 4. The molecule has 2 atom stereocenters. The van der Waals surface area contributed by atoms with E-state index in [1.807, 2.05) is 37.0 Å².